The Morgan fingerprint density at radius 3 is 2.16 bits per heavy atom. The van der Waals surface area contributed by atoms with Gasteiger partial charge in [0.25, 0.3) is 0 Å². The second kappa shape index (κ2) is 9.38. The topological polar surface area (TPSA) is 32.7 Å². The van der Waals surface area contributed by atoms with E-state index < -0.39 is 0 Å². The molecule has 1 heterocycles. The van der Waals surface area contributed by atoms with E-state index in [1.165, 1.54) is 35.2 Å². The number of aliphatic hydroxyl groups excluding tert-OH is 1. The SMILES string of the molecule is Cc1ccc(-c2ccc(OCCO)c(-c3ccc(N4CCCC4)c(C(C)(C)C)c3)c2)cc1. The molecule has 3 nitrogen and oxygen atoms in total. The van der Waals surface area contributed by atoms with Gasteiger partial charge in [0.05, 0.1) is 6.61 Å². The number of rotatable bonds is 6. The number of nitrogens with zero attached hydrogens (tertiary/aromatic N) is 1. The predicted molar refractivity (Wildman–Crippen MR) is 135 cm³/mol. The van der Waals surface area contributed by atoms with Crippen molar-refractivity contribution in [1.29, 1.82) is 0 Å². The van der Waals surface area contributed by atoms with E-state index in [2.05, 4.69) is 87.2 Å². The molecule has 0 spiro atoms. The van der Waals surface area contributed by atoms with Crippen LogP contribution in [-0.4, -0.2) is 31.4 Å². The monoisotopic (exact) mass is 429 g/mol. The maximum Gasteiger partial charge on any atom is 0.127 e. The van der Waals surface area contributed by atoms with Gasteiger partial charge in [-0.1, -0.05) is 62.7 Å². The summed E-state index contributed by atoms with van der Waals surface area (Å²) < 4.78 is 5.95. The zero-order valence-electron chi connectivity index (χ0n) is 19.8. The number of anilines is 1. The average molecular weight is 430 g/mol. The van der Waals surface area contributed by atoms with Crippen LogP contribution in [0, 0.1) is 6.92 Å². The summed E-state index contributed by atoms with van der Waals surface area (Å²) in [6.45, 7) is 11.5. The molecule has 4 rings (SSSR count). The Labute approximate surface area is 192 Å². The zero-order chi connectivity index (χ0) is 22.7. The highest BCUT2D eigenvalue weighted by atomic mass is 16.5. The highest BCUT2D eigenvalue weighted by molar-refractivity contribution is 5.80. The highest BCUT2D eigenvalue weighted by Gasteiger charge is 2.24. The molecule has 0 aliphatic carbocycles. The van der Waals surface area contributed by atoms with Gasteiger partial charge in [-0.2, -0.15) is 0 Å². The Morgan fingerprint density at radius 1 is 0.844 bits per heavy atom. The molecular formula is C29H35NO2. The summed E-state index contributed by atoms with van der Waals surface area (Å²) in [7, 11) is 0. The Kier molecular flexibility index (Phi) is 6.57. The third-order valence-corrected chi connectivity index (χ3v) is 6.28. The predicted octanol–water partition coefficient (Wildman–Crippen LogP) is 6.60. The zero-order valence-corrected chi connectivity index (χ0v) is 19.8. The van der Waals surface area contributed by atoms with Crippen molar-refractivity contribution in [2.75, 3.05) is 31.2 Å². The molecule has 168 valence electrons. The van der Waals surface area contributed by atoms with Gasteiger partial charge < -0.3 is 14.7 Å². The van der Waals surface area contributed by atoms with Crippen molar-refractivity contribution in [3.63, 3.8) is 0 Å². The molecule has 1 fully saturated rings. The molecule has 0 amide bonds. The quantitative estimate of drug-likeness (QED) is 0.479. The van der Waals surface area contributed by atoms with Crippen LogP contribution in [-0.2, 0) is 5.41 Å². The van der Waals surface area contributed by atoms with Gasteiger partial charge in [0, 0.05) is 24.3 Å². The molecule has 1 saturated heterocycles. The lowest BCUT2D eigenvalue weighted by molar-refractivity contribution is 0.202. The van der Waals surface area contributed by atoms with E-state index in [-0.39, 0.29) is 18.6 Å². The maximum atomic E-state index is 9.33. The van der Waals surface area contributed by atoms with Crippen molar-refractivity contribution in [2.24, 2.45) is 0 Å². The number of aliphatic hydroxyl groups is 1. The van der Waals surface area contributed by atoms with E-state index >= 15 is 0 Å². The van der Waals surface area contributed by atoms with Crippen LogP contribution >= 0.6 is 0 Å². The standard InChI is InChI=1S/C29H35NO2/c1-21-7-9-22(10-8-21)23-12-14-28(32-18-17-31)25(19-23)24-11-13-27(30-15-5-6-16-30)26(20-24)29(2,3)4/h7-14,19-20,31H,5-6,15-18H2,1-4H3. The molecular weight excluding hydrogens is 394 g/mol. The van der Waals surface area contributed by atoms with E-state index in [0.717, 1.165) is 35.5 Å². The normalized spacial score (nSPS) is 14.1. The lowest BCUT2D eigenvalue weighted by Crippen LogP contribution is -2.23. The third kappa shape index (κ3) is 4.83. The minimum absolute atomic E-state index is 0.000290. The summed E-state index contributed by atoms with van der Waals surface area (Å²) in [5.74, 6) is 0.809. The summed E-state index contributed by atoms with van der Waals surface area (Å²) in [5, 5.41) is 9.33. The first-order chi connectivity index (χ1) is 15.4. The van der Waals surface area contributed by atoms with Crippen LogP contribution in [0.2, 0.25) is 0 Å². The van der Waals surface area contributed by atoms with Gasteiger partial charge in [0.15, 0.2) is 0 Å². The number of hydrogen-bond donors (Lipinski definition) is 1. The first kappa shape index (κ1) is 22.4. The van der Waals surface area contributed by atoms with E-state index in [9.17, 15) is 5.11 Å². The second-order valence-corrected chi connectivity index (χ2v) is 9.83. The molecule has 0 radical (unpaired) electrons. The Balaban J connectivity index is 1.82. The summed E-state index contributed by atoms with van der Waals surface area (Å²) in [4.78, 5) is 2.52. The fraction of sp³-hybridized carbons (Fsp3) is 0.379. The molecule has 0 bridgehead atoms. The molecule has 3 aromatic carbocycles. The maximum absolute atomic E-state index is 9.33. The van der Waals surface area contributed by atoms with Gasteiger partial charge in [0.2, 0.25) is 0 Å². The summed E-state index contributed by atoms with van der Waals surface area (Å²) in [6, 6.07) is 21.8. The van der Waals surface area contributed by atoms with Gasteiger partial charge in [-0.15, -0.1) is 0 Å². The summed E-state index contributed by atoms with van der Waals surface area (Å²) >= 11 is 0. The van der Waals surface area contributed by atoms with E-state index in [4.69, 9.17) is 4.74 Å². The molecule has 3 aromatic rings. The molecule has 0 unspecified atom stereocenters. The van der Waals surface area contributed by atoms with Crippen LogP contribution in [0.4, 0.5) is 5.69 Å². The fourth-order valence-corrected chi connectivity index (χ4v) is 4.50. The minimum Gasteiger partial charge on any atom is -0.491 e. The van der Waals surface area contributed by atoms with Gasteiger partial charge in [-0.25, -0.2) is 0 Å². The molecule has 32 heavy (non-hydrogen) atoms. The summed E-state index contributed by atoms with van der Waals surface area (Å²) in [5.41, 5.74) is 8.58. The van der Waals surface area contributed by atoms with Crippen molar-refractivity contribution in [3.8, 4) is 28.0 Å². The highest BCUT2D eigenvalue weighted by Crippen LogP contribution is 2.40. The van der Waals surface area contributed by atoms with Crippen molar-refractivity contribution < 1.29 is 9.84 Å². The van der Waals surface area contributed by atoms with E-state index in [1.807, 2.05) is 6.07 Å². The third-order valence-electron chi connectivity index (χ3n) is 6.28. The van der Waals surface area contributed by atoms with Crippen molar-refractivity contribution >= 4 is 5.69 Å². The van der Waals surface area contributed by atoms with Crippen LogP contribution in [0.15, 0.2) is 60.7 Å². The Morgan fingerprint density at radius 2 is 1.50 bits per heavy atom. The van der Waals surface area contributed by atoms with Gasteiger partial charge in [-0.05, 0) is 71.7 Å². The van der Waals surface area contributed by atoms with Crippen molar-refractivity contribution in [1.82, 2.24) is 0 Å². The molecule has 0 aromatic heterocycles. The molecule has 1 N–H and O–H groups in total. The van der Waals surface area contributed by atoms with E-state index in [0.29, 0.717) is 0 Å². The van der Waals surface area contributed by atoms with Gasteiger partial charge in [0.1, 0.15) is 12.4 Å². The summed E-state index contributed by atoms with van der Waals surface area (Å²) in [6.07, 6.45) is 2.53. The number of aryl methyl sites for hydroxylation is 1. The van der Waals surface area contributed by atoms with E-state index in [1.54, 1.807) is 0 Å². The number of ether oxygens (including phenoxy) is 1. The van der Waals surface area contributed by atoms with Crippen LogP contribution in [0.3, 0.4) is 0 Å². The fourth-order valence-electron chi connectivity index (χ4n) is 4.50. The van der Waals surface area contributed by atoms with Crippen LogP contribution < -0.4 is 9.64 Å². The lowest BCUT2D eigenvalue weighted by Gasteiger charge is -2.29. The molecule has 0 saturated carbocycles. The number of hydrogen-bond acceptors (Lipinski definition) is 3. The number of benzene rings is 3. The minimum atomic E-state index is 0.000290. The first-order valence-electron chi connectivity index (χ1n) is 11.7. The van der Waals surface area contributed by atoms with Crippen LogP contribution in [0.5, 0.6) is 5.75 Å². The Hall–Kier alpha value is -2.78. The van der Waals surface area contributed by atoms with Gasteiger partial charge in [-0.3, -0.25) is 0 Å². The first-order valence-corrected chi connectivity index (χ1v) is 11.7. The largest absolute Gasteiger partial charge is 0.491 e. The van der Waals surface area contributed by atoms with Crippen molar-refractivity contribution in [2.45, 2.75) is 46.0 Å². The van der Waals surface area contributed by atoms with Crippen molar-refractivity contribution in [3.05, 3.63) is 71.8 Å². The van der Waals surface area contributed by atoms with Gasteiger partial charge >= 0.3 is 0 Å². The van der Waals surface area contributed by atoms with Crippen LogP contribution in [0.1, 0.15) is 44.7 Å². The molecule has 3 heteroatoms. The smallest absolute Gasteiger partial charge is 0.127 e. The Bertz CT molecular complexity index is 1060. The second-order valence-electron chi connectivity index (χ2n) is 9.83. The molecule has 0 atom stereocenters. The average Bonchev–Trinajstić information content (AvgIpc) is 3.32. The lowest BCUT2D eigenvalue weighted by atomic mass is 9.83. The molecule has 1 aliphatic rings. The molecule has 1 aliphatic heterocycles. The van der Waals surface area contributed by atoms with Crippen LogP contribution in [0.25, 0.3) is 22.3 Å².